The summed E-state index contributed by atoms with van der Waals surface area (Å²) in [4.78, 5) is 10.0. The van der Waals surface area contributed by atoms with Gasteiger partial charge in [0.05, 0.1) is 11.5 Å². The van der Waals surface area contributed by atoms with Crippen LogP contribution in [0.3, 0.4) is 0 Å². The first-order chi connectivity index (χ1) is 7.70. The van der Waals surface area contributed by atoms with E-state index in [-0.39, 0.29) is 12.2 Å². The van der Waals surface area contributed by atoms with Gasteiger partial charge in [0.2, 0.25) is 0 Å². The molecule has 0 aliphatic heterocycles. The molecular formula is C10H9N3O3. The van der Waals surface area contributed by atoms with Crippen LogP contribution < -0.4 is 5.73 Å². The van der Waals surface area contributed by atoms with E-state index in [0.29, 0.717) is 11.5 Å². The van der Waals surface area contributed by atoms with Crippen molar-refractivity contribution in [2.24, 2.45) is 5.73 Å². The fourth-order valence-corrected chi connectivity index (χ4v) is 1.30. The SMILES string of the molecule is NCc1cc(-c2ccc([N+](=O)[O-])cc2)no1. The first-order valence-corrected chi connectivity index (χ1v) is 4.61. The van der Waals surface area contributed by atoms with Gasteiger partial charge in [-0.05, 0) is 12.1 Å². The molecule has 0 fully saturated rings. The van der Waals surface area contributed by atoms with E-state index < -0.39 is 4.92 Å². The van der Waals surface area contributed by atoms with E-state index in [0.717, 1.165) is 5.56 Å². The lowest BCUT2D eigenvalue weighted by molar-refractivity contribution is -0.384. The van der Waals surface area contributed by atoms with Crippen molar-refractivity contribution in [1.82, 2.24) is 5.16 Å². The van der Waals surface area contributed by atoms with E-state index in [2.05, 4.69) is 5.16 Å². The molecule has 6 nitrogen and oxygen atoms in total. The van der Waals surface area contributed by atoms with Gasteiger partial charge in [0, 0.05) is 23.8 Å². The summed E-state index contributed by atoms with van der Waals surface area (Å²) in [6.07, 6.45) is 0. The Morgan fingerprint density at radius 1 is 1.38 bits per heavy atom. The maximum Gasteiger partial charge on any atom is 0.269 e. The molecule has 16 heavy (non-hydrogen) atoms. The summed E-state index contributed by atoms with van der Waals surface area (Å²) in [6, 6.07) is 7.80. The number of aromatic nitrogens is 1. The molecule has 2 rings (SSSR count). The van der Waals surface area contributed by atoms with Crippen LogP contribution in [0.25, 0.3) is 11.3 Å². The lowest BCUT2D eigenvalue weighted by atomic mass is 10.1. The van der Waals surface area contributed by atoms with Crippen LogP contribution in [0.2, 0.25) is 0 Å². The van der Waals surface area contributed by atoms with E-state index in [1.807, 2.05) is 0 Å². The van der Waals surface area contributed by atoms with Crippen LogP contribution in [0.4, 0.5) is 5.69 Å². The van der Waals surface area contributed by atoms with Crippen molar-refractivity contribution in [1.29, 1.82) is 0 Å². The summed E-state index contributed by atoms with van der Waals surface area (Å²) in [5.74, 6) is 0.577. The maximum atomic E-state index is 10.5. The second kappa shape index (κ2) is 4.11. The number of nitro groups is 1. The minimum Gasteiger partial charge on any atom is -0.359 e. The van der Waals surface area contributed by atoms with Gasteiger partial charge in [0.25, 0.3) is 5.69 Å². The molecule has 0 saturated carbocycles. The summed E-state index contributed by atoms with van der Waals surface area (Å²) in [6.45, 7) is 0.278. The third kappa shape index (κ3) is 1.91. The lowest BCUT2D eigenvalue weighted by Gasteiger charge is -1.94. The van der Waals surface area contributed by atoms with Gasteiger partial charge in [0.1, 0.15) is 5.69 Å². The van der Waals surface area contributed by atoms with Gasteiger partial charge >= 0.3 is 0 Å². The van der Waals surface area contributed by atoms with Crippen LogP contribution in [0.5, 0.6) is 0 Å². The van der Waals surface area contributed by atoms with Gasteiger partial charge in [-0.15, -0.1) is 0 Å². The average Bonchev–Trinajstić information content (AvgIpc) is 2.77. The molecule has 0 radical (unpaired) electrons. The molecule has 0 atom stereocenters. The second-order valence-corrected chi connectivity index (χ2v) is 3.19. The third-order valence-electron chi connectivity index (χ3n) is 2.13. The highest BCUT2D eigenvalue weighted by molar-refractivity contribution is 5.60. The Hall–Kier alpha value is -2.21. The largest absolute Gasteiger partial charge is 0.359 e. The summed E-state index contributed by atoms with van der Waals surface area (Å²) in [7, 11) is 0. The molecule has 0 bridgehead atoms. The lowest BCUT2D eigenvalue weighted by Crippen LogP contribution is -1.92. The molecule has 6 heteroatoms. The molecule has 1 aromatic carbocycles. The monoisotopic (exact) mass is 219 g/mol. The molecule has 0 amide bonds. The molecule has 0 saturated heterocycles. The van der Waals surface area contributed by atoms with Crippen molar-refractivity contribution in [2.45, 2.75) is 6.54 Å². The Kier molecular flexibility index (Phi) is 2.65. The van der Waals surface area contributed by atoms with Crippen LogP contribution >= 0.6 is 0 Å². The van der Waals surface area contributed by atoms with Crippen molar-refractivity contribution < 1.29 is 9.45 Å². The van der Waals surface area contributed by atoms with E-state index in [9.17, 15) is 10.1 Å². The Morgan fingerprint density at radius 2 is 2.06 bits per heavy atom. The minimum atomic E-state index is -0.447. The average molecular weight is 219 g/mol. The van der Waals surface area contributed by atoms with Crippen LogP contribution in [0.15, 0.2) is 34.9 Å². The highest BCUT2D eigenvalue weighted by atomic mass is 16.6. The summed E-state index contributed by atoms with van der Waals surface area (Å²) in [5.41, 5.74) is 6.81. The molecule has 1 aromatic heterocycles. The van der Waals surface area contributed by atoms with Gasteiger partial charge in [-0.1, -0.05) is 5.16 Å². The van der Waals surface area contributed by atoms with Crippen molar-refractivity contribution in [2.75, 3.05) is 0 Å². The number of nitrogens with two attached hydrogens (primary N) is 1. The molecule has 0 unspecified atom stereocenters. The Balaban J connectivity index is 2.30. The summed E-state index contributed by atoms with van der Waals surface area (Å²) < 4.78 is 4.94. The first-order valence-electron chi connectivity index (χ1n) is 4.61. The van der Waals surface area contributed by atoms with E-state index in [1.165, 1.54) is 12.1 Å². The summed E-state index contributed by atoms with van der Waals surface area (Å²) in [5, 5.41) is 14.3. The van der Waals surface area contributed by atoms with Gasteiger partial charge in [-0.2, -0.15) is 0 Å². The Bertz CT molecular complexity index is 504. The van der Waals surface area contributed by atoms with Gasteiger partial charge in [0.15, 0.2) is 5.76 Å². The maximum absolute atomic E-state index is 10.5. The number of non-ortho nitro benzene ring substituents is 1. The van der Waals surface area contributed by atoms with Gasteiger partial charge < -0.3 is 10.3 Å². The van der Waals surface area contributed by atoms with Crippen molar-refractivity contribution in [3.8, 4) is 11.3 Å². The number of rotatable bonds is 3. The smallest absolute Gasteiger partial charge is 0.269 e. The molecule has 82 valence electrons. The van der Waals surface area contributed by atoms with Crippen LogP contribution in [0.1, 0.15) is 5.76 Å². The van der Waals surface area contributed by atoms with E-state index in [4.69, 9.17) is 10.3 Å². The molecule has 2 aromatic rings. The summed E-state index contributed by atoms with van der Waals surface area (Å²) >= 11 is 0. The van der Waals surface area contributed by atoms with Gasteiger partial charge in [-0.3, -0.25) is 10.1 Å². The Morgan fingerprint density at radius 3 is 2.56 bits per heavy atom. The van der Waals surface area contributed by atoms with Crippen molar-refractivity contribution in [3.05, 3.63) is 46.2 Å². The fourth-order valence-electron chi connectivity index (χ4n) is 1.30. The van der Waals surface area contributed by atoms with Crippen LogP contribution in [-0.4, -0.2) is 10.1 Å². The van der Waals surface area contributed by atoms with Crippen molar-refractivity contribution in [3.63, 3.8) is 0 Å². The van der Waals surface area contributed by atoms with E-state index >= 15 is 0 Å². The minimum absolute atomic E-state index is 0.0475. The van der Waals surface area contributed by atoms with Crippen LogP contribution in [0, 0.1) is 10.1 Å². The Labute approximate surface area is 90.8 Å². The highest BCUT2D eigenvalue weighted by Gasteiger charge is 2.08. The molecule has 1 heterocycles. The highest BCUT2D eigenvalue weighted by Crippen LogP contribution is 2.21. The number of nitro benzene ring substituents is 1. The first kappa shape index (κ1) is 10.3. The zero-order chi connectivity index (χ0) is 11.5. The molecule has 2 N–H and O–H groups in total. The second-order valence-electron chi connectivity index (χ2n) is 3.19. The zero-order valence-corrected chi connectivity index (χ0v) is 8.29. The number of hydrogen-bond acceptors (Lipinski definition) is 5. The molecule has 0 aliphatic carbocycles. The number of nitrogens with zero attached hydrogens (tertiary/aromatic N) is 2. The molecular weight excluding hydrogens is 210 g/mol. The standard InChI is InChI=1S/C10H9N3O3/c11-6-9-5-10(12-16-9)7-1-3-8(4-2-7)13(14)15/h1-5H,6,11H2. The van der Waals surface area contributed by atoms with Gasteiger partial charge in [-0.25, -0.2) is 0 Å². The van der Waals surface area contributed by atoms with Crippen molar-refractivity contribution >= 4 is 5.69 Å². The predicted octanol–water partition coefficient (Wildman–Crippen LogP) is 1.71. The third-order valence-corrected chi connectivity index (χ3v) is 2.13. The van der Waals surface area contributed by atoms with E-state index in [1.54, 1.807) is 18.2 Å². The topological polar surface area (TPSA) is 95.2 Å². The molecule has 0 aliphatic rings. The normalized spacial score (nSPS) is 10.3. The number of benzene rings is 1. The fraction of sp³-hybridized carbons (Fsp3) is 0.100. The molecule has 0 spiro atoms. The quantitative estimate of drug-likeness (QED) is 0.626. The number of hydrogen-bond donors (Lipinski definition) is 1. The van der Waals surface area contributed by atoms with Crippen LogP contribution in [-0.2, 0) is 6.54 Å². The zero-order valence-electron chi connectivity index (χ0n) is 8.29. The predicted molar refractivity (Wildman–Crippen MR) is 56.5 cm³/mol.